The van der Waals surface area contributed by atoms with Crippen LogP contribution in [-0.2, 0) is 11.3 Å². The number of carbonyl (C=O) groups is 1. The number of rotatable bonds is 4. The van der Waals surface area contributed by atoms with Crippen LogP contribution < -0.4 is 5.32 Å². The van der Waals surface area contributed by atoms with E-state index in [0.717, 1.165) is 5.56 Å². The summed E-state index contributed by atoms with van der Waals surface area (Å²) in [5, 5.41) is 2.80. The molecule has 0 spiro atoms. The molecule has 1 N–H and O–H groups in total. The van der Waals surface area contributed by atoms with Crippen LogP contribution in [0.4, 0.5) is 0 Å². The molecule has 3 heteroatoms. The molecule has 0 aliphatic rings. The van der Waals surface area contributed by atoms with Gasteiger partial charge in [0.15, 0.2) is 0 Å². The number of amides is 1. The standard InChI is InChI=1S/C11H14ClNO/c1-9-3-2-4-10(7-9)8-13-11(14)5-6-12/h2-4,7H,5-6,8H2,1H3,(H,13,14). The molecule has 0 aliphatic carbocycles. The van der Waals surface area contributed by atoms with Crippen LogP contribution in [0, 0.1) is 6.92 Å². The summed E-state index contributed by atoms with van der Waals surface area (Å²) in [6, 6.07) is 8.07. The molecule has 0 saturated heterocycles. The van der Waals surface area contributed by atoms with Crippen LogP contribution in [0.3, 0.4) is 0 Å². The van der Waals surface area contributed by atoms with E-state index >= 15 is 0 Å². The highest BCUT2D eigenvalue weighted by atomic mass is 35.5. The number of hydrogen-bond donors (Lipinski definition) is 1. The molecule has 2 nitrogen and oxygen atoms in total. The number of hydrogen-bond acceptors (Lipinski definition) is 1. The summed E-state index contributed by atoms with van der Waals surface area (Å²) in [6.07, 6.45) is 0.382. The fraction of sp³-hybridized carbons (Fsp3) is 0.364. The minimum absolute atomic E-state index is 0.00139. The van der Waals surface area contributed by atoms with Crippen molar-refractivity contribution in [2.75, 3.05) is 5.88 Å². The zero-order chi connectivity index (χ0) is 10.4. The summed E-state index contributed by atoms with van der Waals surface area (Å²) in [6.45, 7) is 2.61. The number of aryl methyl sites for hydroxylation is 1. The van der Waals surface area contributed by atoms with Gasteiger partial charge in [-0.3, -0.25) is 4.79 Å². The van der Waals surface area contributed by atoms with E-state index in [9.17, 15) is 4.79 Å². The van der Waals surface area contributed by atoms with Crippen molar-refractivity contribution in [3.63, 3.8) is 0 Å². The Balaban J connectivity index is 2.41. The van der Waals surface area contributed by atoms with Crippen molar-refractivity contribution in [3.05, 3.63) is 35.4 Å². The van der Waals surface area contributed by atoms with Gasteiger partial charge in [0.1, 0.15) is 0 Å². The summed E-state index contributed by atoms with van der Waals surface area (Å²) < 4.78 is 0. The van der Waals surface area contributed by atoms with Crippen LogP contribution >= 0.6 is 11.6 Å². The molecule has 1 aromatic rings. The van der Waals surface area contributed by atoms with Crippen molar-refractivity contribution < 1.29 is 4.79 Å². The number of benzene rings is 1. The normalized spacial score (nSPS) is 9.86. The number of halogens is 1. The van der Waals surface area contributed by atoms with Gasteiger partial charge in [-0.15, -0.1) is 11.6 Å². The van der Waals surface area contributed by atoms with Gasteiger partial charge >= 0.3 is 0 Å². The summed E-state index contributed by atoms with van der Waals surface area (Å²) in [5.41, 5.74) is 2.32. The first-order valence-electron chi connectivity index (χ1n) is 4.60. The topological polar surface area (TPSA) is 29.1 Å². The van der Waals surface area contributed by atoms with Crippen LogP contribution in [0.2, 0.25) is 0 Å². The maximum absolute atomic E-state index is 11.1. The molecule has 0 fully saturated rings. The van der Waals surface area contributed by atoms with Crippen molar-refractivity contribution in [2.45, 2.75) is 19.9 Å². The van der Waals surface area contributed by atoms with Gasteiger partial charge in [0.25, 0.3) is 0 Å². The van der Waals surface area contributed by atoms with Crippen molar-refractivity contribution in [3.8, 4) is 0 Å². The molecule has 1 amide bonds. The van der Waals surface area contributed by atoms with Gasteiger partial charge in [-0.05, 0) is 12.5 Å². The Kier molecular flexibility index (Phi) is 4.47. The van der Waals surface area contributed by atoms with E-state index in [1.165, 1.54) is 5.56 Å². The largest absolute Gasteiger partial charge is 0.352 e. The van der Waals surface area contributed by atoms with E-state index in [0.29, 0.717) is 18.8 Å². The third-order valence-electron chi connectivity index (χ3n) is 1.89. The van der Waals surface area contributed by atoms with E-state index in [2.05, 4.69) is 11.4 Å². The second-order valence-electron chi connectivity index (χ2n) is 3.20. The highest BCUT2D eigenvalue weighted by molar-refractivity contribution is 6.18. The van der Waals surface area contributed by atoms with E-state index in [1.807, 2.05) is 25.1 Å². The molecule has 1 aromatic carbocycles. The molecular formula is C11H14ClNO. The number of nitrogens with one attached hydrogen (secondary N) is 1. The molecule has 0 aliphatic heterocycles. The monoisotopic (exact) mass is 211 g/mol. The summed E-state index contributed by atoms with van der Waals surface area (Å²) >= 11 is 5.44. The molecular weight excluding hydrogens is 198 g/mol. The quantitative estimate of drug-likeness (QED) is 0.761. The Bertz CT molecular complexity index is 312. The number of carbonyl (C=O) groups excluding carboxylic acids is 1. The van der Waals surface area contributed by atoms with Gasteiger partial charge in [0, 0.05) is 18.8 Å². The molecule has 0 heterocycles. The van der Waals surface area contributed by atoms with Gasteiger partial charge in [-0.25, -0.2) is 0 Å². The first kappa shape index (κ1) is 11.1. The van der Waals surface area contributed by atoms with Gasteiger partial charge in [-0.1, -0.05) is 29.8 Å². The molecule has 76 valence electrons. The fourth-order valence-electron chi connectivity index (χ4n) is 1.20. The van der Waals surface area contributed by atoms with E-state index in [-0.39, 0.29) is 5.91 Å². The van der Waals surface area contributed by atoms with Gasteiger partial charge < -0.3 is 5.32 Å². The zero-order valence-electron chi connectivity index (χ0n) is 8.22. The molecule has 14 heavy (non-hydrogen) atoms. The minimum Gasteiger partial charge on any atom is -0.352 e. The summed E-state index contributed by atoms with van der Waals surface area (Å²) in [4.78, 5) is 11.1. The average Bonchev–Trinajstić information content (AvgIpc) is 2.15. The van der Waals surface area contributed by atoms with Crippen molar-refractivity contribution in [2.24, 2.45) is 0 Å². The Morgan fingerprint density at radius 1 is 1.50 bits per heavy atom. The molecule has 0 unspecified atom stereocenters. The maximum atomic E-state index is 11.1. The highest BCUT2D eigenvalue weighted by Gasteiger charge is 1.99. The van der Waals surface area contributed by atoms with Crippen LogP contribution in [-0.4, -0.2) is 11.8 Å². The van der Waals surface area contributed by atoms with Crippen molar-refractivity contribution in [1.82, 2.24) is 5.32 Å². The zero-order valence-corrected chi connectivity index (χ0v) is 8.97. The van der Waals surface area contributed by atoms with Crippen molar-refractivity contribution in [1.29, 1.82) is 0 Å². The Labute approximate surface area is 89.3 Å². The lowest BCUT2D eigenvalue weighted by Gasteiger charge is -2.04. The van der Waals surface area contributed by atoms with Crippen LogP contribution in [0.5, 0.6) is 0 Å². The average molecular weight is 212 g/mol. The maximum Gasteiger partial charge on any atom is 0.221 e. The third kappa shape index (κ3) is 3.79. The molecule has 0 atom stereocenters. The molecule has 0 radical (unpaired) electrons. The van der Waals surface area contributed by atoms with Gasteiger partial charge in [0.05, 0.1) is 0 Å². The second-order valence-corrected chi connectivity index (χ2v) is 3.58. The smallest absolute Gasteiger partial charge is 0.221 e. The van der Waals surface area contributed by atoms with Crippen LogP contribution in [0.15, 0.2) is 24.3 Å². The Hall–Kier alpha value is -1.02. The molecule has 1 rings (SSSR count). The third-order valence-corrected chi connectivity index (χ3v) is 2.08. The predicted molar refractivity (Wildman–Crippen MR) is 58.4 cm³/mol. The number of alkyl halides is 1. The summed E-state index contributed by atoms with van der Waals surface area (Å²) in [7, 11) is 0. The van der Waals surface area contributed by atoms with Gasteiger partial charge in [0.2, 0.25) is 5.91 Å². The fourth-order valence-corrected chi connectivity index (χ4v) is 1.37. The lowest BCUT2D eigenvalue weighted by atomic mass is 10.1. The first-order valence-corrected chi connectivity index (χ1v) is 5.14. The van der Waals surface area contributed by atoms with E-state index in [1.54, 1.807) is 0 Å². The van der Waals surface area contributed by atoms with Crippen LogP contribution in [0.25, 0.3) is 0 Å². The Morgan fingerprint density at radius 3 is 2.93 bits per heavy atom. The SMILES string of the molecule is Cc1cccc(CNC(=O)CCCl)c1. The van der Waals surface area contributed by atoms with Crippen LogP contribution in [0.1, 0.15) is 17.5 Å². The first-order chi connectivity index (χ1) is 6.72. The molecule has 0 bridgehead atoms. The van der Waals surface area contributed by atoms with Gasteiger partial charge in [-0.2, -0.15) is 0 Å². The van der Waals surface area contributed by atoms with Crippen molar-refractivity contribution >= 4 is 17.5 Å². The molecule has 0 saturated carbocycles. The van der Waals surface area contributed by atoms with E-state index < -0.39 is 0 Å². The molecule has 0 aromatic heterocycles. The highest BCUT2D eigenvalue weighted by Crippen LogP contribution is 2.03. The lowest BCUT2D eigenvalue weighted by Crippen LogP contribution is -2.22. The predicted octanol–water partition coefficient (Wildman–Crippen LogP) is 2.24. The minimum atomic E-state index is 0.00139. The second kappa shape index (κ2) is 5.66. The Morgan fingerprint density at radius 2 is 2.29 bits per heavy atom. The lowest BCUT2D eigenvalue weighted by molar-refractivity contribution is -0.120. The van der Waals surface area contributed by atoms with E-state index in [4.69, 9.17) is 11.6 Å². The summed E-state index contributed by atoms with van der Waals surface area (Å²) in [5.74, 6) is 0.376.